The second-order valence-electron chi connectivity index (χ2n) is 12.4. The number of ketones is 1. The van der Waals surface area contributed by atoms with Gasteiger partial charge in [0.25, 0.3) is 0 Å². The molecule has 1 aliphatic rings. The number of hydrogen-bond donors (Lipinski definition) is 1. The van der Waals surface area contributed by atoms with Gasteiger partial charge in [0.2, 0.25) is 0 Å². The first-order valence-electron chi connectivity index (χ1n) is 15.8. The van der Waals surface area contributed by atoms with Crippen molar-refractivity contribution in [2.45, 2.75) is 66.5 Å². The molecule has 229 valence electrons. The fourth-order valence-corrected chi connectivity index (χ4v) is 10.0. The van der Waals surface area contributed by atoms with Gasteiger partial charge in [-0.1, -0.05) is 93.3 Å². The van der Waals surface area contributed by atoms with Gasteiger partial charge in [0.1, 0.15) is 8.07 Å². The van der Waals surface area contributed by atoms with Crippen molar-refractivity contribution in [3.05, 3.63) is 84.8 Å². The summed E-state index contributed by atoms with van der Waals surface area (Å²) >= 11 is 0. The monoisotopic (exact) mass is 778 g/mol. The van der Waals surface area contributed by atoms with Gasteiger partial charge in [-0.15, -0.1) is 23.6 Å². The van der Waals surface area contributed by atoms with Crippen molar-refractivity contribution in [3.63, 3.8) is 0 Å². The van der Waals surface area contributed by atoms with Crippen molar-refractivity contribution in [1.29, 1.82) is 0 Å². The zero-order valence-electron chi connectivity index (χ0n) is 26.5. The summed E-state index contributed by atoms with van der Waals surface area (Å²) < 4.78 is 2.48. The van der Waals surface area contributed by atoms with E-state index in [1.54, 1.807) is 0 Å². The molecular formula is C38H41IrN2O2Si-. The second kappa shape index (κ2) is 12.6. The Morgan fingerprint density at radius 2 is 1.55 bits per heavy atom. The first-order valence-corrected chi connectivity index (χ1v) is 18.8. The van der Waals surface area contributed by atoms with E-state index in [1.807, 2.05) is 33.9 Å². The number of carbonyl (C=O) groups is 1. The van der Waals surface area contributed by atoms with E-state index in [2.05, 4.69) is 84.2 Å². The molecule has 6 aromatic rings. The van der Waals surface area contributed by atoms with Gasteiger partial charge in [-0.25, -0.2) is 0 Å². The number of carbonyl (C=O) groups excluding carboxylic acids is 1. The van der Waals surface area contributed by atoms with Gasteiger partial charge < -0.3 is 9.51 Å². The average Bonchev–Trinajstić information content (AvgIpc) is 3.41. The number of benzene rings is 3. The van der Waals surface area contributed by atoms with Crippen LogP contribution in [0.3, 0.4) is 0 Å². The normalized spacial score (nSPS) is 13.9. The summed E-state index contributed by atoms with van der Waals surface area (Å²) in [5.41, 5.74) is 5.03. The summed E-state index contributed by atoms with van der Waals surface area (Å²) in [5, 5.41) is 18.8. The van der Waals surface area contributed by atoms with E-state index in [0.29, 0.717) is 0 Å². The molecule has 1 N–H and O–H groups in total. The standard InChI is InChI=1S/C25H17N2Si.C13H24O2.Ir/c1-28(2)21-9-5-8-17-14-20-18-12-15-6-3-4-7-16(15)13-19(18)23-25(27(20)24(17)21)22(28)10-11-26-23;1-5-10(6-2)12(14)9-13(15)11(7-3)8-4;/h3-12,14H,1-2H3;9-11,14H,5-8H2,1-4H3;/q-1;;/b;12-9-;. The third-order valence-electron chi connectivity index (χ3n) is 9.70. The number of nitrogens with zero attached hydrogens (tertiary/aromatic N) is 2. The Labute approximate surface area is 274 Å². The number of pyridine rings is 2. The maximum atomic E-state index is 11.7. The maximum Gasteiger partial charge on any atom is 0.162 e. The number of aliphatic hydroxyl groups is 1. The minimum Gasteiger partial charge on any atom is -0.512 e. The minimum absolute atomic E-state index is 0. The van der Waals surface area contributed by atoms with Crippen LogP contribution in [0.15, 0.2) is 78.7 Å². The molecule has 44 heavy (non-hydrogen) atoms. The molecule has 7 rings (SSSR count). The first kappa shape index (κ1) is 32.1. The van der Waals surface area contributed by atoms with Crippen molar-refractivity contribution in [2.75, 3.05) is 0 Å². The molecule has 3 aromatic heterocycles. The molecule has 0 atom stereocenters. The van der Waals surface area contributed by atoms with Gasteiger partial charge in [0.05, 0.1) is 11.3 Å². The van der Waals surface area contributed by atoms with E-state index >= 15 is 0 Å². The summed E-state index contributed by atoms with van der Waals surface area (Å²) in [4.78, 5) is 16.6. The smallest absolute Gasteiger partial charge is 0.162 e. The Morgan fingerprint density at radius 1 is 0.886 bits per heavy atom. The summed E-state index contributed by atoms with van der Waals surface area (Å²) in [6.45, 7) is 13.0. The average molecular weight is 778 g/mol. The molecule has 0 bridgehead atoms. The molecule has 0 aliphatic carbocycles. The van der Waals surface area contributed by atoms with Crippen LogP contribution in [0.4, 0.5) is 0 Å². The van der Waals surface area contributed by atoms with Crippen LogP contribution in [-0.4, -0.2) is 28.3 Å². The maximum absolute atomic E-state index is 11.7. The number of allylic oxidation sites excluding steroid dienone is 2. The van der Waals surface area contributed by atoms with E-state index in [9.17, 15) is 9.90 Å². The van der Waals surface area contributed by atoms with E-state index < -0.39 is 8.07 Å². The van der Waals surface area contributed by atoms with Crippen LogP contribution < -0.4 is 10.4 Å². The summed E-state index contributed by atoms with van der Waals surface area (Å²) in [7, 11) is -1.80. The number of para-hydroxylation sites is 1. The molecule has 0 spiro atoms. The number of aromatic nitrogens is 2. The molecule has 0 amide bonds. The molecule has 1 radical (unpaired) electrons. The molecule has 3 aromatic carbocycles. The van der Waals surface area contributed by atoms with Crippen molar-refractivity contribution >= 4 is 73.2 Å². The number of hydrogen-bond acceptors (Lipinski definition) is 3. The molecule has 0 unspecified atom stereocenters. The predicted octanol–water partition coefficient (Wildman–Crippen LogP) is 8.75. The fourth-order valence-electron chi connectivity index (χ4n) is 7.04. The van der Waals surface area contributed by atoms with Gasteiger partial charge in [-0.3, -0.25) is 9.78 Å². The topological polar surface area (TPSA) is 54.6 Å². The molecule has 6 heteroatoms. The van der Waals surface area contributed by atoms with Crippen molar-refractivity contribution in [3.8, 4) is 0 Å². The van der Waals surface area contributed by atoms with E-state index in [-0.39, 0.29) is 43.5 Å². The Morgan fingerprint density at radius 3 is 2.25 bits per heavy atom. The van der Waals surface area contributed by atoms with Gasteiger partial charge >= 0.3 is 0 Å². The van der Waals surface area contributed by atoms with Crippen LogP contribution >= 0.6 is 0 Å². The van der Waals surface area contributed by atoms with Gasteiger partial charge in [-0.2, -0.15) is 0 Å². The number of fused-ring (bicyclic) bond motifs is 4. The third-order valence-corrected chi connectivity index (χ3v) is 13.2. The molecule has 1 aliphatic heterocycles. The van der Waals surface area contributed by atoms with Gasteiger partial charge in [-0.05, 0) is 53.6 Å². The van der Waals surface area contributed by atoms with Gasteiger partial charge in [0, 0.05) is 60.8 Å². The van der Waals surface area contributed by atoms with E-state index in [4.69, 9.17) is 4.98 Å². The molecule has 0 fully saturated rings. The van der Waals surface area contributed by atoms with Crippen LogP contribution in [0, 0.1) is 17.9 Å². The number of rotatable bonds is 7. The van der Waals surface area contributed by atoms with Crippen LogP contribution in [-0.2, 0) is 24.9 Å². The Bertz CT molecular complexity index is 2050. The molecule has 0 saturated heterocycles. The molecular weight excluding hydrogens is 737 g/mol. The minimum atomic E-state index is -1.80. The van der Waals surface area contributed by atoms with Crippen molar-refractivity contribution in [2.24, 2.45) is 11.8 Å². The van der Waals surface area contributed by atoms with E-state index in [0.717, 1.165) is 42.0 Å². The third kappa shape index (κ3) is 5.11. The molecule has 4 heterocycles. The van der Waals surface area contributed by atoms with Crippen molar-refractivity contribution in [1.82, 2.24) is 9.38 Å². The zero-order valence-corrected chi connectivity index (χ0v) is 29.9. The second-order valence-corrected chi connectivity index (χ2v) is 16.8. The summed E-state index contributed by atoms with van der Waals surface area (Å²) in [6.07, 6.45) is 6.90. The van der Waals surface area contributed by atoms with Crippen LogP contribution in [0.2, 0.25) is 13.1 Å². The summed E-state index contributed by atoms with van der Waals surface area (Å²) in [5.74, 6) is 0.547. The molecule has 0 saturated carbocycles. The Kier molecular flexibility index (Phi) is 9.18. The summed E-state index contributed by atoms with van der Waals surface area (Å²) in [6, 6.07) is 25.9. The Balaban J connectivity index is 0.000000209. The van der Waals surface area contributed by atoms with Crippen LogP contribution in [0.1, 0.15) is 53.4 Å². The zero-order chi connectivity index (χ0) is 30.5. The number of aliphatic hydroxyl groups excluding tert-OH is 1. The Hall–Kier alpha value is -3.31. The first-order chi connectivity index (χ1) is 20.7. The fraction of sp³-hybridized carbons (Fsp3) is 0.316. The van der Waals surface area contributed by atoms with Crippen LogP contribution in [0.25, 0.3) is 49.0 Å². The SMILES string of the molecule is CCC(CC)C(=O)/C=C(\O)C(CC)CC.C[Si]1(C)c2cccc3cc4c5cc6ccccc6[c-]c5c5nccc1c5n4c23.[Ir]. The quantitative estimate of drug-likeness (QED) is 0.0441. The van der Waals surface area contributed by atoms with Gasteiger partial charge in [0.15, 0.2) is 5.78 Å². The van der Waals surface area contributed by atoms with Crippen molar-refractivity contribution < 1.29 is 30.0 Å². The largest absolute Gasteiger partial charge is 0.512 e. The van der Waals surface area contributed by atoms with E-state index in [1.165, 1.54) is 49.2 Å². The van der Waals surface area contributed by atoms with Crippen LogP contribution in [0.5, 0.6) is 0 Å². The molecule has 4 nitrogen and oxygen atoms in total. The predicted molar refractivity (Wildman–Crippen MR) is 185 cm³/mol.